The van der Waals surface area contributed by atoms with Gasteiger partial charge in [0.25, 0.3) is 5.56 Å². The van der Waals surface area contributed by atoms with Crippen LogP contribution in [0, 0.1) is 0 Å². The summed E-state index contributed by atoms with van der Waals surface area (Å²) in [4.78, 5) is 21.5. The molecule has 1 aliphatic carbocycles. The van der Waals surface area contributed by atoms with Crippen LogP contribution in [0.2, 0.25) is 0 Å². The first-order chi connectivity index (χ1) is 16.4. The molecule has 182 valence electrons. The molecule has 7 nitrogen and oxygen atoms in total. The number of halogens is 3. The molecule has 1 fully saturated rings. The number of aryl methyl sites for hydroxylation is 1. The standard InChI is InChI=1S/C25H24F3N5O2/c1-23(35)11-24(29,12-23)17-5-3-16(4-6-17)20-18(15-7-9-30-10-8-15)19-21(32(20)2)31-14-33(22(19)34)13-25(26,27)28/h3-10,14,35H,11-13,29H2,1-2H3. The molecular weight excluding hydrogens is 459 g/mol. The van der Waals surface area contributed by atoms with E-state index in [1.165, 1.54) is 0 Å². The number of hydrogen-bond acceptors (Lipinski definition) is 5. The fraction of sp³-hybridized carbons (Fsp3) is 0.320. The van der Waals surface area contributed by atoms with Crippen molar-refractivity contribution in [2.45, 2.75) is 43.6 Å². The highest BCUT2D eigenvalue weighted by molar-refractivity contribution is 6.02. The van der Waals surface area contributed by atoms with Crippen LogP contribution in [0.3, 0.4) is 0 Å². The number of hydrogen-bond donors (Lipinski definition) is 2. The van der Waals surface area contributed by atoms with Gasteiger partial charge in [0.05, 0.1) is 16.7 Å². The lowest BCUT2D eigenvalue weighted by Gasteiger charge is -2.49. The smallest absolute Gasteiger partial charge is 0.390 e. The molecule has 0 bridgehead atoms. The molecule has 0 atom stereocenters. The maximum absolute atomic E-state index is 13.2. The number of benzene rings is 1. The fourth-order valence-electron chi connectivity index (χ4n) is 5.26. The molecule has 0 radical (unpaired) electrons. The number of nitrogens with zero attached hydrogens (tertiary/aromatic N) is 4. The Labute approximate surface area is 198 Å². The molecule has 3 aromatic heterocycles. The molecule has 0 saturated heterocycles. The molecule has 1 aliphatic rings. The van der Waals surface area contributed by atoms with Crippen LogP contribution in [0.1, 0.15) is 25.3 Å². The summed E-state index contributed by atoms with van der Waals surface area (Å²) in [6, 6.07) is 10.9. The summed E-state index contributed by atoms with van der Waals surface area (Å²) in [7, 11) is 1.73. The summed E-state index contributed by atoms with van der Waals surface area (Å²) in [5.74, 6) is 0. The molecule has 0 unspecified atom stereocenters. The van der Waals surface area contributed by atoms with Crippen molar-refractivity contribution in [1.82, 2.24) is 19.1 Å². The van der Waals surface area contributed by atoms with E-state index in [-0.39, 0.29) is 11.0 Å². The van der Waals surface area contributed by atoms with Gasteiger partial charge in [-0.2, -0.15) is 13.2 Å². The first kappa shape index (κ1) is 23.3. The van der Waals surface area contributed by atoms with E-state index >= 15 is 0 Å². The second-order valence-electron chi connectivity index (χ2n) is 9.59. The van der Waals surface area contributed by atoms with Gasteiger partial charge >= 0.3 is 6.18 Å². The lowest BCUT2D eigenvalue weighted by Crippen LogP contribution is -2.58. The number of nitrogens with two attached hydrogens (primary N) is 1. The Hall–Kier alpha value is -3.50. The summed E-state index contributed by atoms with van der Waals surface area (Å²) in [6.45, 7) is 0.327. The molecule has 10 heteroatoms. The molecule has 0 spiro atoms. The monoisotopic (exact) mass is 483 g/mol. The summed E-state index contributed by atoms with van der Waals surface area (Å²) >= 11 is 0. The van der Waals surface area contributed by atoms with E-state index in [1.807, 2.05) is 24.3 Å². The number of pyridine rings is 1. The van der Waals surface area contributed by atoms with Crippen LogP contribution in [-0.2, 0) is 19.1 Å². The molecule has 1 aromatic carbocycles. The number of fused-ring (bicyclic) bond motifs is 1. The van der Waals surface area contributed by atoms with Gasteiger partial charge in [-0.05, 0) is 48.6 Å². The van der Waals surface area contributed by atoms with Crippen molar-refractivity contribution in [3.63, 3.8) is 0 Å². The van der Waals surface area contributed by atoms with Gasteiger partial charge in [-0.25, -0.2) is 4.98 Å². The third-order valence-corrected chi connectivity index (χ3v) is 6.60. The van der Waals surface area contributed by atoms with Gasteiger partial charge < -0.3 is 15.4 Å². The number of rotatable bonds is 4. The first-order valence-electron chi connectivity index (χ1n) is 11.1. The lowest BCUT2D eigenvalue weighted by molar-refractivity contribution is -0.141. The normalized spacial score (nSPS) is 22.4. The maximum atomic E-state index is 13.2. The molecule has 3 heterocycles. The van der Waals surface area contributed by atoms with Crippen molar-refractivity contribution >= 4 is 11.0 Å². The van der Waals surface area contributed by atoms with Crippen LogP contribution in [-0.4, -0.2) is 36.0 Å². The van der Waals surface area contributed by atoms with Gasteiger partial charge in [-0.15, -0.1) is 0 Å². The zero-order chi connectivity index (χ0) is 25.2. The van der Waals surface area contributed by atoms with E-state index in [0.29, 0.717) is 34.2 Å². The molecule has 4 aromatic rings. The summed E-state index contributed by atoms with van der Waals surface area (Å²) in [6.07, 6.45) is 0.380. The Balaban J connectivity index is 1.70. The highest BCUT2D eigenvalue weighted by atomic mass is 19.4. The third kappa shape index (κ3) is 4.02. The van der Waals surface area contributed by atoms with Crippen molar-refractivity contribution < 1.29 is 18.3 Å². The molecule has 5 rings (SSSR count). The quantitative estimate of drug-likeness (QED) is 0.461. The molecule has 0 amide bonds. The predicted molar refractivity (Wildman–Crippen MR) is 125 cm³/mol. The van der Waals surface area contributed by atoms with Crippen LogP contribution < -0.4 is 11.3 Å². The van der Waals surface area contributed by atoms with Gasteiger partial charge in [-0.3, -0.25) is 14.3 Å². The lowest BCUT2D eigenvalue weighted by atomic mass is 9.63. The van der Waals surface area contributed by atoms with E-state index < -0.39 is 29.4 Å². The Morgan fingerprint density at radius 2 is 1.71 bits per heavy atom. The Kier molecular flexibility index (Phi) is 5.15. The van der Waals surface area contributed by atoms with Gasteiger partial charge in [0, 0.05) is 30.5 Å². The average molecular weight is 483 g/mol. The van der Waals surface area contributed by atoms with Gasteiger partial charge in [-0.1, -0.05) is 24.3 Å². The van der Waals surface area contributed by atoms with Crippen LogP contribution in [0.5, 0.6) is 0 Å². The second-order valence-corrected chi connectivity index (χ2v) is 9.59. The molecule has 35 heavy (non-hydrogen) atoms. The van der Waals surface area contributed by atoms with Gasteiger partial charge in [0.15, 0.2) is 0 Å². The largest absolute Gasteiger partial charge is 0.406 e. The minimum absolute atomic E-state index is 0.106. The Bertz CT molecular complexity index is 1460. The van der Waals surface area contributed by atoms with Crippen LogP contribution in [0.4, 0.5) is 13.2 Å². The van der Waals surface area contributed by atoms with E-state index in [2.05, 4.69) is 9.97 Å². The highest BCUT2D eigenvalue weighted by Crippen LogP contribution is 2.47. The SMILES string of the molecule is Cn1c(-c2ccc(C3(N)CC(C)(O)C3)cc2)c(-c2ccncc2)c2c(=O)n(CC(F)(F)F)cnc21. The van der Waals surface area contributed by atoms with E-state index in [0.717, 1.165) is 17.5 Å². The Morgan fingerprint density at radius 3 is 2.29 bits per heavy atom. The van der Waals surface area contributed by atoms with E-state index in [4.69, 9.17) is 5.73 Å². The van der Waals surface area contributed by atoms with Crippen molar-refractivity contribution in [2.24, 2.45) is 12.8 Å². The summed E-state index contributed by atoms with van der Waals surface area (Å²) in [5.41, 5.74) is 7.96. The second kappa shape index (κ2) is 7.76. The number of aromatic nitrogens is 4. The topological polar surface area (TPSA) is 99.0 Å². The highest BCUT2D eigenvalue weighted by Gasteiger charge is 2.49. The van der Waals surface area contributed by atoms with Crippen molar-refractivity contribution in [2.75, 3.05) is 0 Å². The molecule has 3 N–H and O–H groups in total. The minimum atomic E-state index is -4.56. The molecular formula is C25H24F3N5O2. The van der Waals surface area contributed by atoms with Crippen molar-refractivity contribution in [3.8, 4) is 22.4 Å². The van der Waals surface area contributed by atoms with Crippen LogP contribution >= 0.6 is 0 Å². The number of alkyl halides is 3. The Morgan fingerprint density at radius 1 is 1.09 bits per heavy atom. The van der Waals surface area contributed by atoms with Crippen LogP contribution in [0.15, 0.2) is 59.9 Å². The first-order valence-corrected chi connectivity index (χ1v) is 11.1. The number of aliphatic hydroxyl groups is 1. The molecule has 1 saturated carbocycles. The van der Waals surface area contributed by atoms with Crippen molar-refractivity contribution in [1.29, 1.82) is 0 Å². The third-order valence-electron chi connectivity index (χ3n) is 6.60. The average Bonchev–Trinajstić information content (AvgIpc) is 3.07. The predicted octanol–water partition coefficient (Wildman–Crippen LogP) is 3.73. The van der Waals surface area contributed by atoms with E-state index in [9.17, 15) is 23.1 Å². The van der Waals surface area contributed by atoms with Crippen LogP contribution in [0.25, 0.3) is 33.4 Å². The van der Waals surface area contributed by atoms with Gasteiger partial charge in [0.2, 0.25) is 0 Å². The zero-order valence-corrected chi connectivity index (χ0v) is 19.2. The minimum Gasteiger partial charge on any atom is -0.390 e. The van der Waals surface area contributed by atoms with Crippen molar-refractivity contribution in [3.05, 3.63) is 71.0 Å². The zero-order valence-electron chi connectivity index (χ0n) is 19.2. The summed E-state index contributed by atoms with van der Waals surface area (Å²) < 4.78 is 41.5. The van der Waals surface area contributed by atoms with Gasteiger partial charge in [0.1, 0.15) is 18.5 Å². The fourth-order valence-corrected chi connectivity index (χ4v) is 5.26. The summed E-state index contributed by atoms with van der Waals surface area (Å²) in [5, 5.41) is 10.3. The maximum Gasteiger partial charge on any atom is 0.406 e. The van der Waals surface area contributed by atoms with E-state index in [1.54, 1.807) is 43.1 Å². The molecule has 0 aliphatic heterocycles.